The summed E-state index contributed by atoms with van der Waals surface area (Å²) in [6.07, 6.45) is 0. The van der Waals surface area contributed by atoms with E-state index < -0.39 is 5.97 Å². The van der Waals surface area contributed by atoms with Crippen molar-refractivity contribution in [1.29, 1.82) is 0 Å². The summed E-state index contributed by atoms with van der Waals surface area (Å²) >= 11 is 0. The number of aliphatic carboxylic acids is 1. The zero-order chi connectivity index (χ0) is 11.4. The quantitative estimate of drug-likeness (QED) is 0.769. The van der Waals surface area contributed by atoms with E-state index in [1.165, 1.54) is 0 Å². The number of benzene rings is 1. The highest BCUT2D eigenvalue weighted by Crippen LogP contribution is 2.22. The Kier molecular flexibility index (Phi) is 3.50. The summed E-state index contributed by atoms with van der Waals surface area (Å²) in [5.41, 5.74) is 2.04. The molecule has 0 amide bonds. The highest BCUT2D eigenvalue weighted by atomic mass is 16.5. The minimum Gasteiger partial charge on any atom is -0.488 e. The molecular weight excluding hydrogens is 192 g/mol. The Morgan fingerprint density at radius 3 is 2.40 bits per heavy atom. The van der Waals surface area contributed by atoms with Gasteiger partial charge in [0.05, 0.1) is 5.57 Å². The third-order valence-electron chi connectivity index (χ3n) is 2.10. The summed E-state index contributed by atoms with van der Waals surface area (Å²) in [4.78, 5) is 10.5. The normalized spacial score (nSPS) is 9.73. The minimum absolute atomic E-state index is 0.0149. The molecule has 0 fully saturated rings. The van der Waals surface area contributed by atoms with Crippen LogP contribution in [0.2, 0.25) is 0 Å². The van der Waals surface area contributed by atoms with E-state index >= 15 is 0 Å². The molecule has 3 nitrogen and oxygen atoms in total. The molecule has 0 bridgehead atoms. The molecule has 1 N–H and O–H groups in total. The number of carbonyl (C=O) groups is 1. The van der Waals surface area contributed by atoms with E-state index in [2.05, 4.69) is 6.58 Å². The van der Waals surface area contributed by atoms with Gasteiger partial charge < -0.3 is 9.84 Å². The standard InChI is InChI=1S/C12H14O3/c1-8-5-4-6-9(2)11(8)15-7-10(3)12(13)14/h4-6H,3,7H2,1-2H3,(H,13,14). The van der Waals surface area contributed by atoms with Crippen molar-refractivity contribution in [1.82, 2.24) is 0 Å². The van der Waals surface area contributed by atoms with Gasteiger partial charge in [0.1, 0.15) is 12.4 Å². The van der Waals surface area contributed by atoms with Crippen LogP contribution >= 0.6 is 0 Å². The number of para-hydroxylation sites is 1. The summed E-state index contributed by atoms with van der Waals surface area (Å²) in [5.74, 6) is -0.291. The van der Waals surface area contributed by atoms with Crippen LogP contribution in [-0.4, -0.2) is 17.7 Å². The van der Waals surface area contributed by atoms with Crippen LogP contribution in [-0.2, 0) is 4.79 Å². The molecule has 0 atom stereocenters. The lowest BCUT2D eigenvalue weighted by atomic mass is 10.1. The maximum absolute atomic E-state index is 10.5. The second kappa shape index (κ2) is 4.64. The van der Waals surface area contributed by atoms with Crippen molar-refractivity contribution in [2.45, 2.75) is 13.8 Å². The SMILES string of the molecule is C=C(COc1c(C)cccc1C)C(=O)O. The van der Waals surface area contributed by atoms with E-state index in [4.69, 9.17) is 9.84 Å². The molecule has 0 saturated heterocycles. The van der Waals surface area contributed by atoms with Crippen molar-refractivity contribution in [3.8, 4) is 5.75 Å². The number of aryl methyl sites for hydroxylation is 2. The van der Waals surface area contributed by atoms with Crippen LogP contribution in [0.1, 0.15) is 11.1 Å². The fourth-order valence-corrected chi connectivity index (χ4v) is 1.25. The number of ether oxygens (including phenoxy) is 1. The van der Waals surface area contributed by atoms with E-state index in [0.29, 0.717) is 0 Å². The summed E-state index contributed by atoms with van der Waals surface area (Å²) in [7, 11) is 0. The van der Waals surface area contributed by atoms with Gasteiger partial charge in [-0.25, -0.2) is 4.79 Å². The monoisotopic (exact) mass is 206 g/mol. The maximum Gasteiger partial charge on any atom is 0.334 e. The maximum atomic E-state index is 10.5. The van der Waals surface area contributed by atoms with Crippen LogP contribution in [0.25, 0.3) is 0 Å². The van der Waals surface area contributed by atoms with Gasteiger partial charge in [-0.3, -0.25) is 0 Å². The van der Waals surface area contributed by atoms with Crippen molar-refractivity contribution in [2.24, 2.45) is 0 Å². The Morgan fingerprint density at radius 1 is 1.40 bits per heavy atom. The predicted molar refractivity (Wildman–Crippen MR) is 58.2 cm³/mol. The summed E-state index contributed by atoms with van der Waals surface area (Å²) in [6, 6.07) is 5.78. The Balaban J connectivity index is 2.73. The lowest BCUT2D eigenvalue weighted by molar-refractivity contribution is -0.133. The Labute approximate surface area is 89.0 Å². The first-order valence-electron chi connectivity index (χ1n) is 4.62. The summed E-state index contributed by atoms with van der Waals surface area (Å²) in [6.45, 7) is 7.26. The third-order valence-corrected chi connectivity index (χ3v) is 2.10. The molecule has 1 aromatic carbocycles. The average Bonchev–Trinajstić information content (AvgIpc) is 2.16. The molecule has 0 aliphatic carbocycles. The molecule has 15 heavy (non-hydrogen) atoms. The van der Waals surface area contributed by atoms with Gasteiger partial charge in [-0.15, -0.1) is 0 Å². The van der Waals surface area contributed by atoms with Crippen LogP contribution in [0.15, 0.2) is 30.4 Å². The van der Waals surface area contributed by atoms with Gasteiger partial charge in [0.2, 0.25) is 0 Å². The number of carboxylic acids is 1. The van der Waals surface area contributed by atoms with Crippen LogP contribution in [0.4, 0.5) is 0 Å². The third kappa shape index (κ3) is 2.84. The first-order valence-corrected chi connectivity index (χ1v) is 4.62. The molecule has 0 saturated carbocycles. The van der Waals surface area contributed by atoms with E-state index in [1.54, 1.807) is 0 Å². The number of hydrogen-bond acceptors (Lipinski definition) is 2. The van der Waals surface area contributed by atoms with Crippen molar-refractivity contribution in [3.63, 3.8) is 0 Å². The fraction of sp³-hybridized carbons (Fsp3) is 0.250. The lowest BCUT2D eigenvalue weighted by Gasteiger charge is -2.11. The minimum atomic E-state index is -1.03. The molecule has 1 aromatic rings. The van der Waals surface area contributed by atoms with Gasteiger partial charge in [0, 0.05) is 0 Å². The van der Waals surface area contributed by atoms with Crippen LogP contribution in [0.3, 0.4) is 0 Å². The van der Waals surface area contributed by atoms with Gasteiger partial charge >= 0.3 is 5.97 Å². The van der Waals surface area contributed by atoms with Crippen molar-refractivity contribution in [3.05, 3.63) is 41.5 Å². The first kappa shape index (κ1) is 11.3. The van der Waals surface area contributed by atoms with E-state index in [9.17, 15) is 4.79 Å². The molecule has 1 rings (SSSR count). The van der Waals surface area contributed by atoms with Crippen LogP contribution < -0.4 is 4.74 Å². The Morgan fingerprint density at radius 2 is 1.93 bits per heavy atom. The molecule has 0 aliphatic rings. The molecular formula is C12H14O3. The van der Waals surface area contributed by atoms with E-state index in [0.717, 1.165) is 16.9 Å². The molecule has 0 aliphatic heterocycles. The highest BCUT2D eigenvalue weighted by Gasteiger charge is 2.07. The van der Waals surface area contributed by atoms with Gasteiger partial charge in [-0.2, -0.15) is 0 Å². The summed E-state index contributed by atoms with van der Waals surface area (Å²) < 4.78 is 5.41. The largest absolute Gasteiger partial charge is 0.488 e. The predicted octanol–water partition coefficient (Wildman–Crippen LogP) is 2.32. The van der Waals surface area contributed by atoms with Gasteiger partial charge in [0.15, 0.2) is 0 Å². The average molecular weight is 206 g/mol. The fourth-order valence-electron chi connectivity index (χ4n) is 1.25. The molecule has 80 valence electrons. The molecule has 0 spiro atoms. The number of rotatable bonds is 4. The van der Waals surface area contributed by atoms with Gasteiger partial charge in [-0.05, 0) is 25.0 Å². The van der Waals surface area contributed by atoms with Crippen LogP contribution in [0.5, 0.6) is 5.75 Å². The van der Waals surface area contributed by atoms with Gasteiger partial charge in [0.25, 0.3) is 0 Å². The van der Waals surface area contributed by atoms with Gasteiger partial charge in [-0.1, -0.05) is 24.8 Å². The smallest absolute Gasteiger partial charge is 0.334 e. The second-order valence-corrected chi connectivity index (χ2v) is 3.42. The highest BCUT2D eigenvalue weighted by molar-refractivity contribution is 5.86. The van der Waals surface area contributed by atoms with Crippen LogP contribution in [0, 0.1) is 13.8 Å². The lowest BCUT2D eigenvalue weighted by Crippen LogP contribution is -2.10. The van der Waals surface area contributed by atoms with Crippen molar-refractivity contribution >= 4 is 5.97 Å². The molecule has 0 radical (unpaired) electrons. The van der Waals surface area contributed by atoms with Crippen molar-refractivity contribution < 1.29 is 14.6 Å². The summed E-state index contributed by atoms with van der Waals surface area (Å²) in [5, 5.41) is 8.62. The molecule has 0 heterocycles. The molecule has 3 heteroatoms. The molecule has 0 aromatic heterocycles. The first-order chi connectivity index (χ1) is 7.02. The topological polar surface area (TPSA) is 46.5 Å². The Bertz CT molecular complexity index is 374. The number of hydrogen-bond donors (Lipinski definition) is 1. The Hall–Kier alpha value is -1.77. The van der Waals surface area contributed by atoms with E-state index in [-0.39, 0.29) is 12.2 Å². The molecule has 0 unspecified atom stereocenters. The zero-order valence-corrected chi connectivity index (χ0v) is 8.91. The zero-order valence-electron chi connectivity index (χ0n) is 8.91. The second-order valence-electron chi connectivity index (χ2n) is 3.42. The number of carboxylic acid groups (broad SMARTS) is 1. The van der Waals surface area contributed by atoms with Crippen molar-refractivity contribution in [2.75, 3.05) is 6.61 Å². The van der Waals surface area contributed by atoms with E-state index in [1.807, 2.05) is 32.0 Å².